The zero-order chi connectivity index (χ0) is 22.1. The van der Waals surface area contributed by atoms with Gasteiger partial charge in [0.15, 0.2) is 6.10 Å². The van der Waals surface area contributed by atoms with Crippen molar-refractivity contribution in [1.29, 1.82) is 0 Å². The van der Waals surface area contributed by atoms with E-state index in [1.54, 1.807) is 6.07 Å². The summed E-state index contributed by atoms with van der Waals surface area (Å²) in [5.74, 6) is -2.99. The zero-order valence-electron chi connectivity index (χ0n) is 15.3. The first-order chi connectivity index (χ1) is 14.1. The van der Waals surface area contributed by atoms with Crippen LogP contribution >= 0.6 is 23.2 Å². The third kappa shape index (κ3) is 4.68. The number of anilines is 1. The van der Waals surface area contributed by atoms with Crippen LogP contribution in [0, 0.1) is 0 Å². The number of hydrogen-bond acceptors (Lipinski definition) is 4. The molecule has 0 aliphatic rings. The molecule has 2 aromatic carbocycles. The summed E-state index contributed by atoms with van der Waals surface area (Å²) in [6.45, 7) is 0.507. The highest BCUT2D eigenvalue weighted by Gasteiger charge is 2.38. The molecule has 6 nitrogen and oxygen atoms in total. The first kappa shape index (κ1) is 21.9. The summed E-state index contributed by atoms with van der Waals surface area (Å²) in [5.41, 5.74) is 0.403. The van der Waals surface area contributed by atoms with E-state index in [0.717, 1.165) is 0 Å². The summed E-state index contributed by atoms with van der Waals surface area (Å²) in [6.07, 6.45) is -6.07. The van der Waals surface area contributed by atoms with Gasteiger partial charge in [-0.2, -0.15) is 13.2 Å². The molecule has 0 aliphatic heterocycles. The SMILES string of the molecule is CC(OC(=O)Cn1c(C(F)(F)F)nc2ccccc21)C(=O)Nc1cccc(Cl)c1Cl. The van der Waals surface area contributed by atoms with Crippen LogP contribution in [0.4, 0.5) is 18.9 Å². The molecular formula is C19H14Cl2F3N3O3. The lowest BCUT2D eigenvalue weighted by atomic mass is 10.3. The molecule has 158 valence electrons. The monoisotopic (exact) mass is 459 g/mol. The lowest BCUT2D eigenvalue weighted by molar-refractivity contribution is -0.156. The number of imidazole rings is 1. The zero-order valence-corrected chi connectivity index (χ0v) is 16.8. The van der Waals surface area contributed by atoms with Crippen LogP contribution in [0.1, 0.15) is 12.7 Å². The average molecular weight is 460 g/mol. The lowest BCUT2D eigenvalue weighted by Crippen LogP contribution is -2.31. The van der Waals surface area contributed by atoms with Gasteiger partial charge >= 0.3 is 12.1 Å². The number of carbonyl (C=O) groups is 2. The van der Waals surface area contributed by atoms with Gasteiger partial charge in [-0.1, -0.05) is 41.4 Å². The molecule has 0 saturated heterocycles. The highest BCUT2D eigenvalue weighted by Crippen LogP contribution is 2.32. The number of para-hydroxylation sites is 2. The van der Waals surface area contributed by atoms with Crippen LogP contribution in [0.2, 0.25) is 10.0 Å². The number of fused-ring (bicyclic) bond motifs is 1. The molecule has 0 bridgehead atoms. The van der Waals surface area contributed by atoms with Crippen LogP contribution in [-0.4, -0.2) is 27.5 Å². The highest BCUT2D eigenvalue weighted by atomic mass is 35.5. The van der Waals surface area contributed by atoms with Crippen molar-refractivity contribution in [1.82, 2.24) is 9.55 Å². The Balaban J connectivity index is 1.74. The third-order valence-electron chi connectivity index (χ3n) is 4.08. The van der Waals surface area contributed by atoms with Crippen LogP contribution in [0.15, 0.2) is 42.5 Å². The molecule has 1 unspecified atom stereocenters. The summed E-state index contributed by atoms with van der Waals surface area (Å²) in [6, 6.07) is 10.4. The number of amides is 1. The molecule has 1 aromatic heterocycles. The van der Waals surface area contributed by atoms with Crippen LogP contribution in [0.25, 0.3) is 11.0 Å². The van der Waals surface area contributed by atoms with E-state index in [1.165, 1.54) is 43.3 Å². The molecular weight excluding hydrogens is 446 g/mol. The summed E-state index contributed by atoms with van der Waals surface area (Å²) in [5, 5.41) is 2.76. The molecule has 3 rings (SSSR count). The number of esters is 1. The second kappa shape index (κ2) is 8.53. The van der Waals surface area contributed by atoms with Crippen molar-refractivity contribution in [2.24, 2.45) is 0 Å². The summed E-state index contributed by atoms with van der Waals surface area (Å²) >= 11 is 11.9. The predicted octanol–water partition coefficient (Wildman–Crippen LogP) is 4.93. The summed E-state index contributed by atoms with van der Waals surface area (Å²) < 4.78 is 45.7. The minimum absolute atomic E-state index is 0.0824. The standard InChI is InChI=1S/C19H14Cl2F3N3O3/c1-10(17(29)25-13-7-4-5-11(20)16(13)21)30-15(28)9-27-14-8-3-2-6-12(14)26-18(27)19(22,23)24/h2-8,10H,9H2,1H3,(H,25,29). The van der Waals surface area contributed by atoms with Gasteiger partial charge in [-0.25, -0.2) is 4.98 Å². The number of aromatic nitrogens is 2. The second-order valence-corrected chi connectivity index (χ2v) is 7.02. The Bertz CT molecular complexity index is 1120. The summed E-state index contributed by atoms with van der Waals surface area (Å²) in [4.78, 5) is 28.1. The van der Waals surface area contributed by atoms with E-state index in [1.807, 2.05) is 0 Å². The number of hydrogen-bond donors (Lipinski definition) is 1. The molecule has 1 heterocycles. The van der Waals surface area contributed by atoms with E-state index in [9.17, 15) is 22.8 Å². The van der Waals surface area contributed by atoms with Crippen LogP contribution in [0.3, 0.4) is 0 Å². The molecule has 0 aliphatic carbocycles. The van der Waals surface area contributed by atoms with E-state index in [4.69, 9.17) is 27.9 Å². The number of ether oxygens (including phenoxy) is 1. The van der Waals surface area contributed by atoms with Gasteiger partial charge in [0.25, 0.3) is 5.91 Å². The number of benzene rings is 2. The fraction of sp³-hybridized carbons (Fsp3) is 0.211. The van der Waals surface area contributed by atoms with E-state index in [2.05, 4.69) is 10.3 Å². The van der Waals surface area contributed by atoms with Crippen molar-refractivity contribution in [3.63, 3.8) is 0 Å². The minimum atomic E-state index is -4.77. The number of carbonyl (C=O) groups excluding carboxylic acids is 2. The Hall–Kier alpha value is -2.78. The molecule has 0 fully saturated rings. The van der Waals surface area contributed by atoms with Crippen LogP contribution in [-0.2, 0) is 27.0 Å². The largest absolute Gasteiger partial charge is 0.451 e. The Morgan fingerprint density at radius 1 is 1.17 bits per heavy atom. The molecule has 0 spiro atoms. The van der Waals surface area contributed by atoms with Gasteiger partial charge in [-0.3, -0.25) is 9.59 Å². The molecule has 0 saturated carbocycles. The number of nitrogens with one attached hydrogen (secondary N) is 1. The van der Waals surface area contributed by atoms with Crippen molar-refractivity contribution < 1.29 is 27.5 Å². The summed E-state index contributed by atoms with van der Waals surface area (Å²) in [7, 11) is 0. The molecule has 1 N–H and O–H groups in total. The Labute approximate surface area is 178 Å². The van der Waals surface area contributed by atoms with Gasteiger partial charge in [-0.05, 0) is 31.2 Å². The molecule has 30 heavy (non-hydrogen) atoms. The van der Waals surface area contributed by atoms with Crippen LogP contribution in [0.5, 0.6) is 0 Å². The van der Waals surface area contributed by atoms with E-state index < -0.39 is 36.5 Å². The average Bonchev–Trinajstić information content (AvgIpc) is 3.04. The molecule has 1 amide bonds. The van der Waals surface area contributed by atoms with E-state index >= 15 is 0 Å². The molecule has 1 atom stereocenters. The maximum absolute atomic E-state index is 13.3. The van der Waals surface area contributed by atoms with Crippen molar-refractivity contribution in [2.75, 3.05) is 5.32 Å². The van der Waals surface area contributed by atoms with Gasteiger partial charge in [0.05, 0.1) is 26.8 Å². The third-order valence-corrected chi connectivity index (χ3v) is 4.90. The maximum Gasteiger partial charge on any atom is 0.449 e. The predicted molar refractivity (Wildman–Crippen MR) is 105 cm³/mol. The fourth-order valence-corrected chi connectivity index (χ4v) is 3.05. The fourth-order valence-electron chi connectivity index (χ4n) is 2.70. The molecule has 11 heteroatoms. The van der Waals surface area contributed by atoms with Crippen molar-refractivity contribution in [3.8, 4) is 0 Å². The van der Waals surface area contributed by atoms with Crippen LogP contribution < -0.4 is 5.32 Å². The number of halogens is 5. The van der Waals surface area contributed by atoms with Crippen molar-refractivity contribution >= 4 is 51.8 Å². The molecule has 3 aromatic rings. The maximum atomic E-state index is 13.3. The number of nitrogens with zero attached hydrogens (tertiary/aromatic N) is 2. The van der Waals surface area contributed by atoms with Gasteiger partial charge < -0.3 is 14.6 Å². The topological polar surface area (TPSA) is 73.2 Å². The van der Waals surface area contributed by atoms with Crippen molar-refractivity contribution in [3.05, 3.63) is 58.3 Å². The highest BCUT2D eigenvalue weighted by molar-refractivity contribution is 6.44. The van der Waals surface area contributed by atoms with E-state index in [0.29, 0.717) is 4.57 Å². The van der Waals surface area contributed by atoms with Gasteiger partial charge in [0.1, 0.15) is 6.54 Å². The second-order valence-electron chi connectivity index (χ2n) is 6.23. The van der Waals surface area contributed by atoms with Gasteiger partial charge in [-0.15, -0.1) is 0 Å². The quantitative estimate of drug-likeness (QED) is 0.548. The van der Waals surface area contributed by atoms with Gasteiger partial charge in [0, 0.05) is 0 Å². The first-order valence-electron chi connectivity index (χ1n) is 8.54. The number of alkyl halides is 3. The van der Waals surface area contributed by atoms with E-state index in [-0.39, 0.29) is 26.8 Å². The Kier molecular flexibility index (Phi) is 6.23. The normalized spacial score (nSPS) is 12.6. The number of rotatable bonds is 5. The van der Waals surface area contributed by atoms with Gasteiger partial charge in [0.2, 0.25) is 5.82 Å². The Morgan fingerprint density at radius 3 is 2.57 bits per heavy atom. The molecule has 0 radical (unpaired) electrons. The lowest BCUT2D eigenvalue weighted by Gasteiger charge is -2.16. The smallest absolute Gasteiger partial charge is 0.449 e. The van der Waals surface area contributed by atoms with Crippen molar-refractivity contribution in [2.45, 2.75) is 25.7 Å². The Morgan fingerprint density at radius 2 is 1.87 bits per heavy atom. The minimum Gasteiger partial charge on any atom is -0.451 e. The first-order valence-corrected chi connectivity index (χ1v) is 9.30.